The third-order valence-corrected chi connectivity index (χ3v) is 4.14. The third kappa shape index (κ3) is 3.93. The monoisotopic (exact) mass is 366 g/mol. The van der Waals surface area contributed by atoms with Crippen LogP contribution in [0.5, 0.6) is 11.5 Å². The summed E-state index contributed by atoms with van der Waals surface area (Å²) in [4.78, 5) is 26.4. The fourth-order valence-corrected chi connectivity index (χ4v) is 2.78. The van der Waals surface area contributed by atoms with Gasteiger partial charge in [0, 0.05) is 11.6 Å². The van der Waals surface area contributed by atoms with E-state index in [4.69, 9.17) is 9.47 Å². The highest BCUT2D eigenvalue weighted by Gasteiger charge is 2.36. The summed E-state index contributed by atoms with van der Waals surface area (Å²) in [5.74, 6) is 0.0854. The first-order chi connectivity index (χ1) is 12.8. The molecule has 6 nitrogen and oxygen atoms in total. The molecule has 0 bridgehead atoms. The van der Waals surface area contributed by atoms with Gasteiger partial charge in [-0.1, -0.05) is 18.7 Å². The number of methoxy groups -OCH3 is 1. The summed E-state index contributed by atoms with van der Waals surface area (Å²) >= 11 is 0. The Morgan fingerprint density at radius 1 is 1.26 bits per heavy atom. The topological polar surface area (TPSA) is 79.6 Å². The van der Waals surface area contributed by atoms with E-state index in [1.165, 1.54) is 7.11 Å². The maximum Gasteiger partial charge on any atom is 0.271 e. The van der Waals surface area contributed by atoms with Crippen molar-refractivity contribution < 1.29 is 19.1 Å². The highest BCUT2D eigenvalue weighted by atomic mass is 16.5. The molecule has 0 aliphatic carbocycles. The van der Waals surface area contributed by atoms with E-state index >= 15 is 0 Å². The molecule has 2 amide bonds. The lowest BCUT2D eigenvalue weighted by molar-refractivity contribution is -0.142. The lowest BCUT2D eigenvalue weighted by Gasteiger charge is -2.30. The average Bonchev–Trinajstić information content (AvgIpc) is 2.63. The molecule has 1 heterocycles. The lowest BCUT2D eigenvalue weighted by Crippen LogP contribution is -2.46. The van der Waals surface area contributed by atoms with Gasteiger partial charge < -0.3 is 9.47 Å². The first kappa shape index (κ1) is 20.0. The second-order valence-corrected chi connectivity index (χ2v) is 6.25. The number of carbonyl (C=O) groups excluding carboxylic acids is 2. The van der Waals surface area contributed by atoms with Crippen LogP contribution in [-0.2, 0) is 9.59 Å². The third-order valence-electron chi connectivity index (χ3n) is 4.14. The van der Waals surface area contributed by atoms with Crippen LogP contribution in [0.4, 0.5) is 0 Å². The number of ether oxygens (including phenoxy) is 2. The number of nitrogens with zero attached hydrogens (tertiary/aromatic N) is 2. The molecule has 2 rings (SSSR count). The van der Waals surface area contributed by atoms with E-state index in [0.29, 0.717) is 34.8 Å². The predicted molar refractivity (Wildman–Crippen MR) is 102 cm³/mol. The summed E-state index contributed by atoms with van der Waals surface area (Å²) < 4.78 is 10.9. The van der Waals surface area contributed by atoms with Crippen LogP contribution in [0.15, 0.2) is 47.6 Å². The van der Waals surface area contributed by atoms with Crippen LogP contribution >= 0.6 is 0 Å². The van der Waals surface area contributed by atoms with Crippen molar-refractivity contribution in [3.63, 3.8) is 0 Å². The van der Waals surface area contributed by atoms with Crippen molar-refractivity contribution in [3.8, 4) is 17.6 Å². The SMILES string of the molecule is C=CCOc1ccc(/C=C2/C(=O)N(C(C)C)C(=O)C(C#N)=C2C)cc1OC. The van der Waals surface area contributed by atoms with E-state index in [9.17, 15) is 14.9 Å². The summed E-state index contributed by atoms with van der Waals surface area (Å²) in [5, 5.41) is 9.36. The highest BCUT2D eigenvalue weighted by molar-refractivity contribution is 6.19. The zero-order valence-corrected chi connectivity index (χ0v) is 15.9. The number of imide groups is 1. The maximum atomic E-state index is 12.8. The van der Waals surface area contributed by atoms with Gasteiger partial charge in [-0.15, -0.1) is 0 Å². The molecule has 27 heavy (non-hydrogen) atoms. The number of amides is 2. The number of rotatable bonds is 6. The van der Waals surface area contributed by atoms with Crippen molar-refractivity contribution in [1.82, 2.24) is 4.90 Å². The fraction of sp³-hybridized carbons (Fsp3) is 0.286. The summed E-state index contributed by atoms with van der Waals surface area (Å²) in [7, 11) is 1.52. The molecule has 1 aromatic carbocycles. The first-order valence-electron chi connectivity index (χ1n) is 8.48. The Morgan fingerprint density at radius 2 is 1.96 bits per heavy atom. The van der Waals surface area contributed by atoms with Crippen LogP contribution in [0.25, 0.3) is 6.08 Å². The molecule has 1 aliphatic rings. The summed E-state index contributed by atoms with van der Waals surface area (Å²) in [6, 6.07) is 6.81. The smallest absolute Gasteiger partial charge is 0.271 e. The molecule has 140 valence electrons. The van der Waals surface area contributed by atoms with Crippen LogP contribution in [0.3, 0.4) is 0 Å². The van der Waals surface area contributed by atoms with Gasteiger partial charge in [0.05, 0.1) is 7.11 Å². The number of benzene rings is 1. The molecule has 0 spiro atoms. The largest absolute Gasteiger partial charge is 0.493 e. The van der Waals surface area contributed by atoms with E-state index in [0.717, 1.165) is 4.90 Å². The molecule has 0 N–H and O–H groups in total. The van der Waals surface area contributed by atoms with Crippen LogP contribution in [0.2, 0.25) is 0 Å². The number of hydrogen-bond acceptors (Lipinski definition) is 5. The van der Waals surface area contributed by atoms with E-state index < -0.39 is 11.8 Å². The van der Waals surface area contributed by atoms with Crippen molar-refractivity contribution in [2.45, 2.75) is 26.8 Å². The van der Waals surface area contributed by atoms with Crippen molar-refractivity contribution in [3.05, 3.63) is 53.1 Å². The van der Waals surface area contributed by atoms with Crippen molar-refractivity contribution >= 4 is 17.9 Å². The minimum absolute atomic E-state index is 0.0209. The zero-order valence-electron chi connectivity index (χ0n) is 15.9. The number of hydrogen-bond donors (Lipinski definition) is 0. The molecule has 0 radical (unpaired) electrons. The predicted octanol–water partition coefficient (Wildman–Crippen LogP) is 3.26. The van der Waals surface area contributed by atoms with E-state index in [1.54, 1.807) is 51.1 Å². The zero-order chi connectivity index (χ0) is 20.1. The van der Waals surface area contributed by atoms with Crippen LogP contribution in [-0.4, -0.2) is 36.5 Å². The minimum atomic E-state index is -0.557. The summed E-state index contributed by atoms with van der Waals surface area (Å²) in [5.41, 5.74) is 1.35. The molecular weight excluding hydrogens is 344 g/mol. The van der Waals surface area contributed by atoms with Gasteiger partial charge in [0.1, 0.15) is 18.2 Å². The molecule has 0 fully saturated rings. The molecule has 1 aliphatic heterocycles. The molecular formula is C21H22N2O4. The quantitative estimate of drug-likeness (QED) is 0.439. The van der Waals surface area contributed by atoms with Gasteiger partial charge in [-0.25, -0.2) is 0 Å². The van der Waals surface area contributed by atoms with Crippen LogP contribution < -0.4 is 9.47 Å². The van der Waals surface area contributed by atoms with Crippen molar-refractivity contribution in [1.29, 1.82) is 5.26 Å². The van der Waals surface area contributed by atoms with Gasteiger partial charge in [-0.05, 0) is 50.1 Å². The second-order valence-electron chi connectivity index (χ2n) is 6.25. The van der Waals surface area contributed by atoms with Gasteiger partial charge in [0.25, 0.3) is 11.8 Å². The van der Waals surface area contributed by atoms with Crippen molar-refractivity contribution in [2.24, 2.45) is 0 Å². The Labute approximate surface area is 159 Å². The Bertz CT molecular complexity index is 888. The standard InChI is InChI=1S/C21H22N2O4/c1-6-9-27-18-8-7-15(11-19(18)26-5)10-16-14(4)17(12-22)21(25)23(13(2)3)20(16)24/h6-8,10-11,13H,1,9H2,2-5H3/b16-10+. The van der Waals surface area contributed by atoms with Crippen LogP contribution in [0, 0.1) is 11.3 Å². The molecule has 6 heteroatoms. The van der Waals surface area contributed by atoms with Gasteiger partial charge in [-0.3, -0.25) is 14.5 Å². The fourth-order valence-electron chi connectivity index (χ4n) is 2.78. The van der Waals surface area contributed by atoms with E-state index in [-0.39, 0.29) is 11.6 Å². The van der Waals surface area contributed by atoms with Gasteiger partial charge in [-0.2, -0.15) is 5.26 Å². The summed E-state index contributed by atoms with van der Waals surface area (Å²) in [6.07, 6.45) is 3.28. The molecule has 0 atom stereocenters. The Morgan fingerprint density at radius 3 is 2.52 bits per heavy atom. The molecule has 0 aromatic heterocycles. The number of carbonyl (C=O) groups is 2. The van der Waals surface area contributed by atoms with Crippen molar-refractivity contribution in [2.75, 3.05) is 13.7 Å². The maximum absolute atomic E-state index is 12.8. The lowest BCUT2D eigenvalue weighted by atomic mass is 9.93. The molecule has 0 unspecified atom stereocenters. The number of nitriles is 1. The van der Waals surface area contributed by atoms with Gasteiger partial charge in [0.15, 0.2) is 11.5 Å². The highest BCUT2D eigenvalue weighted by Crippen LogP contribution is 2.32. The van der Waals surface area contributed by atoms with Crippen LogP contribution in [0.1, 0.15) is 26.3 Å². The Kier molecular flexibility index (Phi) is 6.19. The second kappa shape index (κ2) is 8.37. The van der Waals surface area contributed by atoms with Gasteiger partial charge in [0.2, 0.25) is 0 Å². The first-order valence-corrected chi connectivity index (χ1v) is 8.48. The average molecular weight is 366 g/mol. The van der Waals surface area contributed by atoms with E-state index in [1.807, 2.05) is 6.07 Å². The Balaban J connectivity index is 2.54. The minimum Gasteiger partial charge on any atom is -0.493 e. The van der Waals surface area contributed by atoms with E-state index in [2.05, 4.69) is 6.58 Å². The van der Waals surface area contributed by atoms with Gasteiger partial charge >= 0.3 is 0 Å². The molecule has 0 saturated carbocycles. The Hall–Kier alpha value is -3.33. The summed E-state index contributed by atoms with van der Waals surface area (Å²) in [6.45, 7) is 9.03. The molecule has 0 saturated heterocycles. The normalized spacial score (nSPS) is 16.0. The molecule has 1 aromatic rings.